The number of hydrogen-bond acceptors (Lipinski definition) is 4. The van der Waals surface area contributed by atoms with Gasteiger partial charge in [0.15, 0.2) is 0 Å². The van der Waals surface area contributed by atoms with E-state index in [1.165, 1.54) is 38.1 Å². The van der Waals surface area contributed by atoms with Crippen LogP contribution in [-0.2, 0) is 0 Å². The molecule has 3 saturated heterocycles. The van der Waals surface area contributed by atoms with Gasteiger partial charge in [-0.2, -0.15) is 0 Å². The summed E-state index contributed by atoms with van der Waals surface area (Å²) in [5, 5.41) is 12.2. The maximum absolute atomic E-state index is 13.0. The number of nitrogens with one attached hydrogen (secondary N) is 1. The SMILES string of the molecule is C[C@@H]1[C@H](Nc2ccc(-c3ccc(F)cc3)nn2)C2CCN1CC2. The zero-order valence-electron chi connectivity index (χ0n) is 13.2. The molecular weight excluding hydrogens is 291 g/mol. The molecule has 5 rings (SSSR count). The van der Waals surface area contributed by atoms with Crippen molar-refractivity contribution in [2.24, 2.45) is 5.92 Å². The maximum Gasteiger partial charge on any atom is 0.148 e. The van der Waals surface area contributed by atoms with E-state index >= 15 is 0 Å². The van der Waals surface area contributed by atoms with E-state index < -0.39 is 0 Å². The summed E-state index contributed by atoms with van der Waals surface area (Å²) in [6.07, 6.45) is 2.53. The second-order valence-electron chi connectivity index (χ2n) is 6.59. The summed E-state index contributed by atoms with van der Waals surface area (Å²) in [7, 11) is 0. The Balaban J connectivity index is 1.49. The molecule has 2 bridgehead atoms. The molecule has 0 amide bonds. The first-order chi connectivity index (χ1) is 11.2. The molecule has 120 valence electrons. The van der Waals surface area contributed by atoms with Gasteiger partial charge in [0, 0.05) is 17.6 Å². The van der Waals surface area contributed by atoms with E-state index in [-0.39, 0.29) is 5.82 Å². The molecule has 2 atom stereocenters. The Morgan fingerprint density at radius 3 is 2.39 bits per heavy atom. The number of anilines is 1. The number of aromatic nitrogens is 2. The third kappa shape index (κ3) is 2.81. The van der Waals surface area contributed by atoms with Crippen LogP contribution in [0.2, 0.25) is 0 Å². The van der Waals surface area contributed by atoms with Crippen molar-refractivity contribution in [1.82, 2.24) is 15.1 Å². The highest BCUT2D eigenvalue weighted by atomic mass is 19.1. The fourth-order valence-electron chi connectivity index (χ4n) is 3.90. The summed E-state index contributed by atoms with van der Waals surface area (Å²) in [5.74, 6) is 1.31. The summed E-state index contributed by atoms with van der Waals surface area (Å²) >= 11 is 0. The van der Waals surface area contributed by atoms with Crippen molar-refractivity contribution in [2.45, 2.75) is 31.8 Å². The van der Waals surface area contributed by atoms with Gasteiger partial charge >= 0.3 is 0 Å². The van der Waals surface area contributed by atoms with Crippen LogP contribution in [0.15, 0.2) is 36.4 Å². The van der Waals surface area contributed by atoms with Crippen molar-refractivity contribution in [3.63, 3.8) is 0 Å². The van der Waals surface area contributed by atoms with Crippen LogP contribution in [-0.4, -0.2) is 40.3 Å². The summed E-state index contributed by atoms with van der Waals surface area (Å²) < 4.78 is 13.0. The number of nitrogens with zero attached hydrogens (tertiary/aromatic N) is 3. The van der Waals surface area contributed by atoms with Gasteiger partial charge in [-0.1, -0.05) is 0 Å². The molecule has 1 aromatic heterocycles. The molecule has 0 spiro atoms. The van der Waals surface area contributed by atoms with Gasteiger partial charge in [-0.05, 0) is 75.2 Å². The Kier molecular flexibility index (Phi) is 3.73. The number of benzene rings is 1. The quantitative estimate of drug-likeness (QED) is 0.945. The Morgan fingerprint density at radius 2 is 1.78 bits per heavy atom. The Bertz CT molecular complexity index is 660. The first-order valence-corrected chi connectivity index (χ1v) is 8.31. The second kappa shape index (κ2) is 5.89. The monoisotopic (exact) mass is 312 g/mol. The molecule has 3 fully saturated rings. The van der Waals surface area contributed by atoms with Crippen molar-refractivity contribution < 1.29 is 4.39 Å². The molecule has 0 unspecified atom stereocenters. The molecular formula is C18H21FN4. The lowest BCUT2D eigenvalue weighted by Crippen LogP contribution is -2.59. The van der Waals surface area contributed by atoms with Gasteiger partial charge < -0.3 is 5.32 Å². The first kappa shape index (κ1) is 14.6. The van der Waals surface area contributed by atoms with Crippen LogP contribution in [0.5, 0.6) is 0 Å². The topological polar surface area (TPSA) is 41.1 Å². The predicted octanol–water partition coefficient (Wildman–Crippen LogP) is 3.18. The molecule has 0 saturated carbocycles. The van der Waals surface area contributed by atoms with Gasteiger partial charge in [-0.15, -0.1) is 10.2 Å². The van der Waals surface area contributed by atoms with Gasteiger partial charge in [0.2, 0.25) is 0 Å². The van der Waals surface area contributed by atoms with E-state index in [1.807, 2.05) is 12.1 Å². The van der Waals surface area contributed by atoms with Crippen LogP contribution >= 0.6 is 0 Å². The van der Waals surface area contributed by atoms with Gasteiger partial charge in [-0.3, -0.25) is 4.90 Å². The van der Waals surface area contributed by atoms with Gasteiger partial charge in [-0.25, -0.2) is 4.39 Å². The Morgan fingerprint density at radius 1 is 1.04 bits per heavy atom. The summed E-state index contributed by atoms with van der Waals surface area (Å²) in [6.45, 7) is 4.74. The largest absolute Gasteiger partial charge is 0.364 e. The van der Waals surface area contributed by atoms with Gasteiger partial charge in [0.1, 0.15) is 11.6 Å². The Labute approximate surface area is 135 Å². The number of halogens is 1. The molecule has 1 N–H and O–H groups in total. The lowest BCUT2D eigenvalue weighted by Gasteiger charge is -2.50. The van der Waals surface area contributed by atoms with E-state index in [1.54, 1.807) is 12.1 Å². The van der Waals surface area contributed by atoms with E-state index in [2.05, 4.69) is 27.3 Å². The minimum Gasteiger partial charge on any atom is -0.364 e. The average Bonchev–Trinajstić information content (AvgIpc) is 2.60. The highest BCUT2D eigenvalue weighted by molar-refractivity contribution is 5.59. The molecule has 4 nitrogen and oxygen atoms in total. The summed E-state index contributed by atoms with van der Waals surface area (Å²) in [6, 6.07) is 11.2. The zero-order chi connectivity index (χ0) is 15.8. The maximum atomic E-state index is 13.0. The van der Waals surface area contributed by atoms with Crippen molar-refractivity contribution in [3.8, 4) is 11.3 Å². The Hall–Kier alpha value is -2.01. The third-order valence-corrected chi connectivity index (χ3v) is 5.30. The minimum atomic E-state index is -0.240. The van der Waals surface area contributed by atoms with E-state index in [9.17, 15) is 4.39 Å². The molecule has 3 aliphatic heterocycles. The molecule has 0 radical (unpaired) electrons. The van der Waals surface area contributed by atoms with Crippen LogP contribution in [0.1, 0.15) is 19.8 Å². The van der Waals surface area contributed by atoms with Crippen LogP contribution in [0.25, 0.3) is 11.3 Å². The van der Waals surface area contributed by atoms with Crippen LogP contribution < -0.4 is 5.32 Å². The normalized spacial score (nSPS) is 29.5. The zero-order valence-corrected chi connectivity index (χ0v) is 13.2. The van der Waals surface area contributed by atoms with Crippen LogP contribution in [0, 0.1) is 11.7 Å². The smallest absolute Gasteiger partial charge is 0.148 e. The molecule has 3 aliphatic rings. The summed E-state index contributed by atoms with van der Waals surface area (Å²) in [5.41, 5.74) is 1.64. The average molecular weight is 312 g/mol. The highest BCUT2D eigenvalue weighted by Crippen LogP contribution is 2.33. The van der Waals surface area contributed by atoms with Crippen molar-refractivity contribution in [2.75, 3.05) is 18.4 Å². The third-order valence-electron chi connectivity index (χ3n) is 5.30. The molecule has 0 aliphatic carbocycles. The highest BCUT2D eigenvalue weighted by Gasteiger charge is 2.39. The lowest BCUT2D eigenvalue weighted by molar-refractivity contribution is 0.0457. The second-order valence-corrected chi connectivity index (χ2v) is 6.59. The first-order valence-electron chi connectivity index (χ1n) is 8.31. The van der Waals surface area contributed by atoms with Gasteiger partial charge in [0.25, 0.3) is 0 Å². The van der Waals surface area contributed by atoms with Gasteiger partial charge in [0.05, 0.1) is 5.69 Å². The van der Waals surface area contributed by atoms with Crippen molar-refractivity contribution in [3.05, 3.63) is 42.2 Å². The molecule has 5 heteroatoms. The molecule has 2 aromatic rings. The standard InChI is InChI=1S/C18H21FN4/c1-12-18(14-8-10-23(12)11-9-14)20-17-7-6-16(21-22-17)13-2-4-15(19)5-3-13/h2-7,12,14,18H,8-11H2,1H3,(H,20,22)/t12-,18+/m1/s1. The minimum absolute atomic E-state index is 0.240. The van der Waals surface area contributed by atoms with E-state index in [0.717, 1.165) is 23.0 Å². The van der Waals surface area contributed by atoms with Crippen LogP contribution in [0.4, 0.5) is 10.2 Å². The fraction of sp³-hybridized carbons (Fsp3) is 0.444. The van der Waals surface area contributed by atoms with Crippen molar-refractivity contribution in [1.29, 1.82) is 0 Å². The fourth-order valence-corrected chi connectivity index (χ4v) is 3.90. The number of fused-ring (bicyclic) bond motifs is 3. The number of hydrogen-bond donors (Lipinski definition) is 1. The van der Waals surface area contributed by atoms with E-state index in [4.69, 9.17) is 0 Å². The number of piperidine rings is 3. The number of rotatable bonds is 3. The van der Waals surface area contributed by atoms with Crippen LogP contribution in [0.3, 0.4) is 0 Å². The molecule has 4 heterocycles. The molecule has 23 heavy (non-hydrogen) atoms. The molecule has 1 aromatic carbocycles. The van der Waals surface area contributed by atoms with Crippen molar-refractivity contribution >= 4 is 5.82 Å². The predicted molar refractivity (Wildman–Crippen MR) is 88.6 cm³/mol. The lowest BCUT2D eigenvalue weighted by atomic mass is 9.79. The van der Waals surface area contributed by atoms with E-state index in [0.29, 0.717) is 12.1 Å². The summed E-state index contributed by atoms with van der Waals surface area (Å²) in [4.78, 5) is 2.55.